The molecule has 0 saturated carbocycles. The Morgan fingerprint density at radius 2 is 1.57 bits per heavy atom. The number of aromatic nitrogens is 3. The SMILES string of the molecule is CCc1cc(-c2ccc3nccnc3c2)c(-c2ccc(F)c(C)c2)nc1CC. The summed E-state index contributed by atoms with van der Waals surface area (Å²) in [5.74, 6) is -0.202. The van der Waals surface area contributed by atoms with Crippen LogP contribution in [0.4, 0.5) is 4.39 Å². The summed E-state index contributed by atoms with van der Waals surface area (Å²) in [7, 11) is 0. The molecule has 0 bridgehead atoms. The maximum absolute atomic E-state index is 13.8. The van der Waals surface area contributed by atoms with Crippen LogP contribution in [-0.2, 0) is 12.8 Å². The summed E-state index contributed by atoms with van der Waals surface area (Å²) in [6, 6.07) is 13.5. The number of rotatable bonds is 4. The van der Waals surface area contributed by atoms with Crippen LogP contribution in [0.2, 0.25) is 0 Å². The van der Waals surface area contributed by atoms with E-state index in [1.165, 1.54) is 11.6 Å². The molecule has 140 valence electrons. The predicted molar refractivity (Wildman–Crippen MR) is 112 cm³/mol. The van der Waals surface area contributed by atoms with E-state index >= 15 is 0 Å². The molecular weight excluding hydrogens is 349 g/mol. The molecule has 0 aliphatic carbocycles. The monoisotopic (exact) mass is 371 g/mol. The van der Waals surface area contributed by atoms with Crippen molar-refractivity contribution in [3.05, 3.63) is 77.5 Å². The van der Waals surface area contributed by atoms with Gasteiger partial charge in [-0.25, -0.2) is 4.39 Å². The summed E-state index contributed by atoms with van der Waals surface area (Å²) in [5, 5.41) is 0. The summed E-state index contributed by atoms with van der Waals surface area (Å²) in [5.41, 5.74) is 8.52. The van der Waals surface area contributed by atoms with Crippen LogP contribution in [0.3, 0.4) is 0 Å². The molecule has 0 amide bonds. The number of hydrogen-bond donors (Lipinski definition) is 0. The van der Waals surface area contributed by atoms with Gasteiger partial charge in [0.25, 0.3) is 0 Å². The van der Waals surface area contributed by atoms with Crippen molar-refractivity contribution in [3.63, 3.8) is 0 Å². The zero-order valence-corrected chi connectivity index (χ0v) is 16.3. The maximum Gasteiger partial charge on any atom is 0.126 e. The first kappa shape index (κ1) is 18.2. The second-order valence-electron chi connectivity index (χ2n) is 6.92. The summed E-state index contributed by atoms with van der Waals surface area (Å²) in [6.45, 7) is 6.05. The fraction of sp³-hybridized carbons (Fsp3) is 0.208. The molecule has 0 atom stereocenters. The first-order valence-electron chi connectivity index (χ1n) is 9.61. The molecule has 2 aromatic heterocycles. The summed E-state index contributed by atoms with van der Waals surface area (Å²) >= 11 is 0. The van der Waals surface area contributed by atoms with Crippen LogP contribution in [-0.4, -0.2) is 15.0 Å². The highest BCUT2D eigenvalue weighted by atomic mass is 19.1. The number of pyridine rings is 1. The van der Waals surface area contributed by atoms with Gasteiger partial charge in [0.15, 0.2) is 0 Å². The van der Waals surface area contributed by atoms with Gasteiger partial charge in [-0.05, 0) is 72.9 Å². The molecule has 2 aromatic carbocycles. The number of nitrogens with zero attached hydrogens (tertiary/aromatic N) is 3. The number of aryl methyl sites for hydroxylation is 3. The topological polar surface area (TPSA) is 38.7 Å². The van der Waals surface area contributed by atoms with Crippen LogP contribution < -0.4 is 0 Å². The molecule has 4 aromatic rings. The summed E-state index contributed by atoms with van der Waals surface area (Å²) in [6.07, 6.45) is 5.17. The molecule has 0 fully saturated rings. The van der Waals surface area contributed by atoms with E-state index < -0.39 is 0 Å². The molecule has 3 nitrogen and oxygen atoms in total. The lowest BCUT2D eigenvalue weighted by Gasteiger charge is -2.15. The van der Waals surface area contributed by atoms with Crippen molar-refractivity contribution in [1.82, 2.24) is 15.0 Å². The van der Waals surface area contributed by atoms with E-state index in [0.29, 0.717) is 5.56 Å². The van der Waals surface area contributed by atoms with Gasteiger partial charge < -0.3 is 0 Å². The molecule has 0 aliphatic heterocycles. The van der Waals surface area contributed by atoms with E-state index in [2.05, 4.69) is 35.9 Å². The van der Waals surface area contributed by atoms with Gasteiger partial charge in [0, 0.05) is 29.2 Å². The lowest BCUT2D eigenvalue weighted by atomic mass is 9.94. The Hall–Kier alpha value is -3.14. The normalized spacial score (nSPS) is 11.1. The highest BCUT2D eigenvalue weighted by Crippen LogP contribution is 2.34. The van der Waals surface area contributed by atoms with Crippen molar-refractivity contribution in [2.45, 2.75) is 33.6 Å². The lowest BCUT2D eigenvalue weighted by molar-refractivity contribution is 0.619. The van der Waals surface area contributed by atoms with Gasteiger partial charge >= 0.3 is 0 Å². The smallest absolute Gasteiger partial charge is 0.126 e. The highest BCUT2D eigenvalue weighted by Gasteiger charge is 2.15. The van der Waals surface area contributed by atoms with Gasteiger partial charge in [-0.1, -0.05) is 19.9 Å². The molecule has 0 saturated heterocycles. The standard InChI is InChI=1S/C24H22FN3/c1-4-16-13-19(17-7-9-22-23(14-17)27-11-10-26-22)24(28-21(16)5-2)18-6-8-20(25)15(3)12-18/h6-14H,4-5H2,1-3H3. The lowest BCUT2D eigenvalue weighted by Crippen LogP contribution is -2.01. The van der Waals surface area contributed by atoms with Gasteiger partial charge in [0.2, 0.25) is 0 Å². The van der Waals surface area contributed by atoms with Crippen LogP contribution in [0.15, 0.2) is 54.9 Å². The van der Waals surface area contributed by atoms with E-state index in [4.69, 9.17) is 4.98 Å². The molecule has 4 rings (SSSR count). The van der Waals surface area contributed by atoms with Crippen LogP contribution in [0.1, 0.15) is 30.7 Å². The summed E-state index contributed by atoms with van der Waals surface area (Å²) < 4.78 is 13.8. The summed E-state index contributed by atoms with van der Waals surface area (Å²) in [4.78, 5) is 13.8. The molecule has 28 heavy (non-hydrogen) atoms. The average molecular weight is 371 g/mol. The van der Waals surface area contributed by atoms with Crippen LogP contribution >= 0.6 is 0 Å². The Bertz CT molecular complexity index is 1170. The third-order valence-electron chi connectivity index (χ3n) is 5.12. The second-order valence-corrected chi connectivity index (χ2v) is 6.92. The Kier molecular flexibility index (Phi) is 4.86. The maximum atomic E-state index is 13.8. The van der Waals surface area contributed by atoms with Crippen molar-refractivity contribution in [3.8, 4) is 22.4 Å². The van der Waals surface area contributed by atoms with Gasteiger partial charge in [-0.3, -0.25) is 15.0 Å². The fourth-order valence-corrected chi connectivity index (χ4v) is 3.57. The molecule has 0 unspecified atom stereocenters. The van der Waals surface area contributed by atoms with Crippen molar-refractivity contribution in [1.29, 1.82) is 0 Å². The van der Waals surface area contributed by atoms with E-state index in [0.717, 1.165) is 52.0 Å². The van der Waals surface area contributed by atoms with Crippen LogP contribution in [0.25, 0.3) is 33.4 Å². The Balaban J connectivity index is 1.99. The second kappa shape index (κ2) is 7.47. The van der Waals surface area contributed by atoms with Gasteiger partial charge in [-0.15, -0.1) is 0 Å². The van der Waals surface area contributed by atoms with E-state index in [1.54, 1.807) is 25.4 Å². The molecule has 2 heterocycles. The van der Waals surface area contributed by atoms with Crippen molar-refractivity contribution >= 4 is 11.0 Å². The molecular formula is C24H22FN3. The zero-order chi connectivity index (χ0) is 19.7. The van der Waals surface area contributed by atoms with Crippen molar-refractivity contribution in [2.24, 2.45) is 0 Å². The van der Waals surface area contributed by atoms with Gasteiger partial charge in [-0.2, -0.15) is 0 Å². The van der Waals surface area contributed by atoms with E-state index in [-0.39, 0.29) is 5.82 Å². The van der Waals surface area contributed by atoms with Gasteiger partial charge in [0.05, 0.1) is 16.7 Å². The average Bonchev–Trinajstić information content (AvgIpc) is 2.74. The molecule has 0 radical (unpaired) electrons. The number of halogens is 1. The van der Waals surface area contributed by atoms with Crippen LogP contribution in [0.5, 0.6) is 0 Å². The fourth-order valence-electron chi connectivity index (χ4n) is 3.57. The minimum Gasteiger partial charge on any atom is -0.253 e. The number of fused-ring (bicyclic) bond motifs is 1. The minimum atomic E-state index is -0.202. The van der Waals surface area contributed by atoms with E-state index in [1.807, 2.05) is 18.2 Å². The van der Waals surface area contributed by atoms with Crippen molar-refractivity contribution < 1.29 is 4.39 Å². The predicted octanol–water partition coefficient (Wildman–Crippen LogP) is 5.93. The zero-order valence-electron chi connectivity index (χ0n) is 16.3. The first-order chi connectivity index (χ1) is 13.6. The Morgan fingerprint density at radius 1 is 0.821 bits per heavy atom. The molecule has 0 aliphatic rings. The van der Waals surface area contributed by atoms with Crippen LogP contribution in [0, 0.1) is 12.7 Å². The largest absolute Gasteiger partial charge is 0.253 e. The highest BCUT2D eigenvalue weighted by molar-refractivity contribution is 5.87. The first-order valence-corrected chi connectivity index (χ1v) is 9.61. The Morgan fingerprint density at radius 3 is 2.29 bits per heavy atom. The molecule has 0 spiro atoms. The van der Waals surface area contributed by atoms with E-state index in [9.17, 15) is 4.39 Å². The number of hydrogen-bond acceptors (Lipinski definition) is 3. The molecule has 4 heteroatoms. The Labute approximate surface area is 164 Å². The van der Waals surface area contributed by atoms with Gasteiger partial charge in [0.1, 0.15) is 5.82 Å². The minimum absolute atomic E-state index is 0.202. The van der Waals surface area contributed by atoms with Crippen molar-refractivity contribution in [2.75, 3.05) is 0 Å². The third-order valence-corrected chi connectivity index (χ3v) is 5.12. The number of benzene rings is 2. The molecule has 0 N–H and O–H groups in total. The quantitative estimate of drug-likeness (QED) is 0.446. The third kappa shape index (κ3) is 3.26.